The van der Waals surface area contributed by atoms with Gasteiger partial charge in [-0.05, 0) is 195 Å². The van der Waals surface area contributed by atoms with Gasteiger partial charge in [-0.2, -0.15) is 5.26 Å². The first-order valence-corrected chi connectivity index (χ1v) is 37.3. The van der Waals surface area contributed by atoms with Gasteiger partial charge in [0, 0.05) is 64.2 Å². The van der Waals surface area contributed by atoms with E-state index in [9.17, 15) is 15.2 Å². The molecule has 0 saturated heterocycles. The molecule has 0 aliphatic carbocycles. The molecule has 9 aromatic rings. The summed E-state index contributed by atoms with van der Waals surface area (Å²) in [5, 5.41) is 19.5. The number of aromatic nitrogens is 4. The van der Waals surface area contributed by atoms with Crippen LogP contribution in [0.2, 0.25) is 0 Å². The molecule has 542 valence electrons. The van der Waals surface area contributed by atoms with E-state index in [-0.39, 0.29) is 48.9 Å². The van der Waals surface area contributed by atoms with Crippen LogP contribution in [-0.2, 0) is 48.1 Å². The molecule has 0 radical (unpaired) electrons. The molecule has 2 aliphatic heterocycles. The Balaban J connectivity index is 1.47. The third kappa shape index (κ3) is 16.6. The molecule has 0 spiro atoms. The zero-order valence-corrected chi connectivity index (χ0v) is 67.7. The van der Waals surface area contributed by atoms with E-state index >= 15 is 0 Å². The lowest BCUT2D eigenvalue weighted by molar-refractivity contribution is -0.132. The van der Waals surface area contributed by atoms with Gasteiger partial charge in [0.2, 0.25) is 0 Å². The summed E-state index contributed by atoms with van der Waals surface area (Å²) in [6, 6.07) is 50.6. The summed E-state index contributed by atoms with van der Waals surface area (Å²) in [7, 11) is 4.12. The number of nitrogens with zero attached hydrogens (tertiary/aromatic N) is 4. The normalized spacial score (nSPS) is 13.1. The van der Waals surface area contributed by atoms with Crippen LogP contribution < -0.4 is 4.90 Å². The van der Waals surface area contributed by atoms with E-state index in [0.29, 0.717) is 11.1 Å². The van der Waals surface area contributed by atoms with Gasteiger partial charge in [0.05, 0.1) is 44.9 Å². The smallest absolute Gasteiger partial charge is 0.346 e. The zero-order valence-electron chi connectivity index (χ0n) is 67.7. The summed E-state index contributed by atoms with van der Waals surface area (Å²) >= 11 is 0. The van der Waals surface area contributed by atoms with Gasteiger partial charge >= 0.3 is 5.97 Å². The largest absolute Gasteiger partial charge is 0.477 e. The molecule has 11 rings (SSSR count). The number of rotatable bonds is 7. The van der Waals surface area contributed by atoms with Crippen molar-refractivity contribution in [2.45, 2.75) is 209 Å². The molecule has 8 bridgehead atoms. The number of benzene rings is 6. The SMILES string of the molecule is CN(C)c1ccc(C#Cc2cc3[nH]c2c(-c2cc(C(C)(C)C)cc(C(C)(C)C)c2)c2nc(c(-c4cc(C(C)(C)C)cc(C(C)(C)C)c4)c4cc(C#Cc5ccc(/C=C(/C#N)C(=O)O)cc5)c([nH]4)c(-c4cc(C(C)(C)C)cc(C(C)(C)C)c4)c4nc(c3-c3cc(C(C)(C)C)cc(C(C)(C)C)c3)C=C4)C=C2)cc1. The van der Waals surface area contributed by atoms with Crippen LogP contribution >= 0.6 is 0 Å². The summed E-state index contributed by atoms with van der Waals surface area (Å²) in [6.45, 7) is 55.0. The molecule has 5 heterocycles. The minimum absolute atomic E-state index is 0.227. The summed E-state index contributed by atoms with van der Waals surface area (Å²) in [4.78, 5) is 34.7. The van der Waals surface area contributed by atoms with Crippen LogP contribution in [0.5, 0.6) is 0 Å². The number of nitrogens with one attached hydrogen (secondary N) is 2. The van der Waals surface area contributed by atoms with Crippen LogP contribution in [0.25, 0.3) is 97.0 Å². The number of anilines is 1. The molecule has 0 saturated carbocycles. The van der Waals surface area contributed by atoms with E-state index in [1.165, 1.54) is 50.6 Å². The Kier molecular flexibility index (Phi) is 20.1. The number of carbonyl (C=O) groups is 1. The van der Waals surface area contributed by atoms with Crippen LogP contribution in [0.1, 0.15) is 261 Å². The molecule has 6 aromatic carbocycles. The quantitative estimate of drug-likeness (QED) is 0.0830. The average Bonchev–Trinajstić information content (AvgIpc) is 1.57. The van der Waals surface area contributed by atoms with E-state index in [4.69, 9.17) is 9.97 Å². The van der Waals surface area contributed by atoms with Gasteiger partial charge in [-0.3, -0.25) is 0 Å². The summed E-state index contributed by atoms with van der Waals surface area (Å²) in [5.74, 6) is 13.6. The molecular formula is C98H108N6O2. The van der Waals surface area contributed by atoms with Gasteiger partial charge in [-0.1, -0.05) is 275 Å². The first-order valence-electron chi connectivity index (χ1n) is 37.3. The molecule has 8 nitrogen and oxygen atoms in total. The standard InChI is InChI=1S/C98H108N6O2/c1-91(2,3)69-44-64(45-70(54-69)92(4,5)6)84-78-40-42-81(101-78)87(67-50-75(97(19,20)21)57-76(51-67)98(22,23)24)89-63(36-32-60-33-37-77(38-34-60)104(25)26)53-83(103-89)85(65-46-71(93(7,8)9)55-72(47-65)94(10,11)12)79-39-41-80(100-79)86(66-48-73(95(13,14)15)56-74(49-66)96(16,17)18)88-62(52-82(84)102-88)35-31-59-27-29-61(30-28-59)43-68(58-99)90(105)106/h27-30,33-34,37-57,102-103H,1-26H3,(H,105,106)/b68-43-,84-78?,84-82?,85-79?,85-83?,86-80?,87-81?,88-86?,89-87?. The van der Waals surface area contributed by atoms with Crippen LogP contribution in [0.15, 0.2) is 139 Å². The molecule has 3 aromatic heterocycles. The lowest BCUT2D eigenvalue weighted by Crippen LogP contribution is -2.16. The topological polar surface area (TPSA) is 122 Å². The molecular weight excluding hydrogens is 1290 g/mol. The fourth-order valence-electron chi connectivity index (χ4n) is 13.4. The number of aromatic amines is 2. The predicted octanol–water partition coefficient (Wildman–Crippen LogP) is 24.6. The number of carboxylic acid groups (broad SMARTS) is 1. The molecule has 0 unspecified atom stereocenters. The minimum atomic E-state index is -1.28. The highest BCUT2D eigenvalue weighted by atomic mass is 16.4. The highest BCUT2D eigenvalue weighted by Gasteiger charge is 2.31. The van der Waals surface area contributed by atoms with Crippen molar-refractivity contribution in [2.75, 3.05) is 19.0 Å². The molecule has 0 atom stereocenters. The lowest BCUT2D eigenvalue weighted by Gasteiger charge is -2.26. The summed E-state index contributed by atoms with van der Waals surface area (Å²) in [5.41, 5.74) is 26.1. The van der Waals surface area contributed by atoms with Gasteiger partial charge < -0.3 is 20.0 Å². The van der Waals surface area contributed by atoms with E-state index in [2.05, 4.69) is 352 Å². The monoisotopic (exact) mass is 1400 g/mol. The number of nitriles is 1. The first-order chi connectivity index (χ1) is 49.1. The van der Waals surface area contributed by atoms with Crippen molar-refractivity contribution in [1.29, 1.82) is 5.26 Å². The van der Waals surface area contributed by atoms with Crippen molar-refractivity contribution in [1.82, 2.24) is 19.9 Å². The average molecular weight is 1400 g/mol. The molecule has 0 fully saturated rings. The van der Waals surface area contributed by atoms with Gasteiger partial charge in [0.1, 0.15) is 11.6 Å². The maximum atomic E-state index is 12.0. The highest BCUT2D eigenvalue weighted by molar-refractivity contribution is 6.03. The van der Waals surface area contributed by atoms with E-state index in [0.717, 1.165) is 112 Å². The Hall–Kier alpha value is -10.5. The molecule has 0 amide bonds. The minimum Gasteiger partial charge on any atom is -0.477 e. The molecule has 3 N–H and O–H groups in total. The zero-order chi connectivity index (χ0) is 77.5. The summed E-state index contributed by atoms with van der Waals surface area (Å²) < 4.78 is 0. The second-order valence-corrected chi connectivity index (χ2v) is 37.6. The van der Waals surface area contributed by atoms with E-state index in [1.54, 1.807) is 12.1 Å². The van der Waals surface area contributed by atoms with E-state index < -0.39 is 5.97 Å². The molecule has 8 heteroatoms. The van der Waals surface area contributed by atoms with Gasteiger partial charge in [-0.25, -0.2) is 14.8 Å². The predicted molar refractivity (Wildman–Crippen MR) is 451 cm³/mol. The van der Waals surface area contributed by atoms with Gasteiger partial charge in [-0.15, -0.1) is 0 Å². The third-order valence-corrected chi connectivity index (χ3v) is 20.4. The van der Waals surface area contributed by atoms with Crippen molar-refractivity contribution in [3.63, 3.8) is 0 Å². The lowest BCUT2D eigenvalue weighted by atomic mass is 9.78. The maximum absolute atomic E-state index is 12.0. The van der Waals surface area contributed by atoms with Crippen molar-refractivity contribution in [2.24, 2.45) is 0 Å². The number of H-pyrrole nitrogens is 2. The van der Waals surface area contributed by atoms with Crippen LogP contribution in [0, 0.1) is 35.0 Å². The fraction of sp³-hybridized carbons (Fsp3) is 0.347. The van der Waals surface area contributed by atoms with Crippen LogP contribution in [-0.4, -0.2) is 45.1 Å². The van der Waals surface area contributed by atoms with Crippen molar-refractivity contribution >= 4 is 64.1 Å². The Morgan fingerprint density at radius 2 is 0.642 bits per heavy atom. The Morgan fingerprint density at radius 1 is 0.377 bits per heavy atom. The third-order valence-electron chi connectivity index (χ3n) is 20.4. The van der Waals surface area contributed by atoms with Crippen molar-refractivity contribution in [3.8, 4) is 74.3 Å². The maximum Gasteiger partial charge on any atom is 0.346 e. The number of hydrogen-bond acceptors (Lipinski definition) is 5. The second-order valence-electron chi connectivity index (χ2n) is 37.6. The van der Waals surface area contributed by atoms with E-state index in [1.807, 2.05) is 18.2 Å². The van der Waals surface area contributed by atoms with Gasteiger partial charge in [0.15, 0.2) is 0 Å². The van der Waals surface area contributed by atoms with Crippen LogP contribution in [0.4, 0.5) is 5.69 Å². The van der Waals surface area contributed by atoms with Crippen LogP contribution in [0.3, 0.4) is 0 Å². The number of fused-ring (bicyclic) bond motifs is 8. The second kappa shape index (κ2) is 27.8. The van der Waals surface area contributed by atoms with Crippen molar-refractivity contribution < 1.29 is 9.90 Å². The molecule has 2 aliphatic rings. The number of aliphatic carboxylic acids is 1. The Morgan fingerprint density at radius 3 is 0.896 bits per heavy atom. The van der Waals surface area contributed by atoms with Gasteiger partial charge in [0.25, 0.3) is 0 Å². The Labute approximate surface area is 632 Å². The highest BCUT2D eigenvalue weighted by Crippen LogP contribution is 2.46. The number of hydrogen-bond donors (Lipinski definition) is 3. The summed E-state index contributed by atoms with van der Waals surface area (Å²) in [6.07, 6.45) is 10.2. The number of carboxylic acids is 1. The fourth-order valence-corrected chi connectivity index (χ4v) is 13.4. The first kappa shape index (κ1) is 76.7. The Bertz CT molecular complexity index is 5340. The van der Waals surface area contributed by atoms with Crippen molar-refractivity contribution in [3.05, 3.63) is 234 Å². The molecule has 106 heavy (non-hydrogen) atoms.